The number of hydrogen-bond donors (Lipinski definition) is 1. The highest BCUT2D eigenvalue weighted by Crippen LogP contribution is 2.77. The molecule has 0 aliphatic heterocycles. The summed E-state index contributed by atoms with van der Waals surface area (Å²) in [6, 6.07) is 10.1. The van der Waals surface area contributed by atoms with Crippen LogP contribution in [0.15, 0.2) is 42.5 Å². The van der Waals surface area contributed by atoms with Crippen molar-refractivity contribution in [3.05, 3.63) is 48.0 Å². The zero-order chi connectivity index (χ0) is 13.8. The van der Waals surface area contributed by atoms with E-state index in [1.807, 2.05) is 51.1 Å². The summed E-state index contributed by atoms with van der Waals surface area (Å²) in [5.41, 5.74) is 7.31. The molecule has 0 aromatic heterocycles. The summed E-state index contributed by atoms with van der Waals surface area (Å²) in [6.07, 6.45) is 0. The van der Waals surface area contributed by atoms with E-state index < -0.39 is 9.87 Å². The molecule has 1 aliphatic carbocycles. The van der Waals surface area contributed by atoms with E-state index in [1.165, 1.54) is 0 Å². The lowest BCUT2D eigenvalue weighted by Gasteiger charge is -2.28. The van der Waals surface area contributed by atoms with Crippen molar-refractivity contribution in [1.82, 2.24) is 0 Å². The van der Waals surface area contributed by atoms with Gasteiger partial charge in [0.15, 0.2) is 0 Å². The van der Waals surface area contributed by atoms with Gasteiger partial charge in [-0.05, 0) is 25.0 Å². The van der Waals surface area contributed by atoms with Gasteiger partial charge >= 0.3 is 0 Å². The molecule has 1 nitrogen and oxygen atoms in total. The fourth-order valence-electron chi connectivity index (χ4n) is 2.76. The first-order valence-electron chi connectivity index (χ1n) is 6.05. The maximum absolute atomic E-state index is 6.50. The molecule has 2 unspecified atom stereocenters. The van der Waals surface area contributed by atoms with Crippen LogP contribution in [0.1, 0.15) is 32.3 Å². The molecule has 0 spiro atoms. The van der Waals surface area contributed by atoms with Gasteiger partial charge in [0.05, 0.1) is 0 Å². The predicted molar refractivity (Wildman–Crippen MR) is 79.1 cm³/mol. The molecule has 2 N–H and O–H groups in total. The first kappa shape index (κ1) is 13.9. The van der Waals surface area contributed by atoms with E-state index in [0.717, 1.165) is 11.1 Å². The average Bonchev–Trinajstić information content (AvgIpc) is 2.73. The van der Waals surface area contributed by atoms with Crippen molar-refractivity contribution in [2.24, 2.45) is 11.1 Å². The standard InChI is InChI=1S/C15H19Cl2N/c1-10(13(2,3)18)14(4)12(15(14,16)17)11-8-6-5-7-9-11/h5-9,12H,1,18H2,2-4H3. The van der Waals surface area contributed by atoms with Crippen LogP contribution in [0.3, 0.4) is 0 Å². The zero-order valence-corrected chi connectivity index (χ0v) is 12.5. The van der Waals surface area contributed by atoms with Crippen LogP contribution >= 0.6 is 23.2 Å². The Morgan fingerprint density at radius 2 is 1.78 bits per heavy atom. The van der Waals surface area contributed by atoms with Gasteiger partial charge in [-0.2, -0.15) is 0 Å². The van der Waals surface area contributed by atoms with Crippen LogP contribution in [-0.2, 0) is 0 Å². The molecule has 1 fully saturated rings. The molecular weight excluding hydrogens is 265 g/mol. The van der Waals surface area contributed by atoms with Gasteiger partial charge in [0, 0.05) is 16.9 Å². The van der Waals surface area contributed by atoms with Crippen LogP contribution in [-0.4, -0.2) is 9.87 Å². The van der Waals surface area contributed by atoms with Gasteiger partial charge in [-0.25, -0.2) is 0 Å². The molecule has 2 atom stereocenters. The lowest BCUT2D eigenvalue weighted by molar-refractivity contribution is 0.493. The van der Waals surface area contributed by atoms with E-state index in [1.54, 1.807) is 0 Å². The largest absolute Gasteiger partial charge is 0.322 e. The first-order chi connectivity index (χ1) is 8.13. The molecule has 0 radical (unpaired) electrons. The summed E-state index contributed by atoms with van der Waals surface area (Å²) in [6.45, 7) is 10.1. The third kappa shape index (κ3) is 1.80. The van der Waals surface area contributed by atoms with Crippen LogP contribution in [0, 0.1) is 5.41 Å². The SMILES string of the molecule is C=C(C(C)(C)N)C1(C)C(c2ccccc2)C1(Cl)Cl. The van der Waals surface area contributed by atoms with E-state index in [0.29, 0.717) is 0 Å². The highest BCUT2D eigenvalue weighted by atomic mass is 35.5. The molecule has 1 aliphatic rings. The smallest absolute Gasteiger partial charge is 0.135 e. The molecule has 2 rings (SSSR count). The second kappa shape index (κ2) is 4.00. The van der Waals surface area contributed by atoms with Crippen LogP contribution in [0.2, 0.25) is 0 Å². The summed E-state index contributed by atoms with van der Waals surface area (Å²) in [5, 5.41) is 0. The van der Waals surface area contributed by atoms with Crippen molar-refractivity contribution in [2.75, 3.05) is 0 Å². The number of nitrogens with two attached hydrogens (primary N) is 1. The Bertz CT molecular complexity index is 473. The predicted octanol–water partition coefficient (Wildman–Crippen LogP) is 4.26. The quantitative estimate of drug-likeness (QED) is 0.651. The topological polar surface area (TPSA) is 26.0 Å². The molecule has 98 valence electrons. The summed E-state index contributed by atoms with van der Waals surface area (Å²) >= 11 is 13.0. The number of benzene rings is 1. The molecule has 1 saturated carbocycles. The number of halogens is 2. The van der Waals surface area contributed by atoms with Gasteiger partial charge in [-0.3, -0.25) is 0 Å². The molecule has 0 saturated heterocycles. The van der Waals surface area contributed by atoms with Crippen LogP contribution in [0.5, 0.6) is 0 Å². The average molecular weight is 284 g/mol. The number of hydrogen-bond acceptors (Lipinski definition) is 1. The number of rotatable bonds is 3. The van der Waals surface area contributed by atoms with Crippen molar-refractivity contribution in [2.45, 2.75) is 36.6 Å². The summed E-state index contributed by atoms with van der Waals surface area (Å²) in [7, 11) is 0. The van der Waals surface area contributed by atoms with Gasteiger partial charge < -0.3 is 5.73 Å². The third-order valence-corrected chi connectivity index (χ3v) is 5.31. The Hall–Kier alpha value is -0.500. The Morgan fingerprint density at radius 3 is 2.22 bits per heavy atom. The molecule has 3 heteroatoms. The van der Waals surface area contributed by atoms with E-state index >= 15 is 0 Å². The first-order valence-corrected chi connectivity index (χ1v) is 6.80. The summed E-state index contributed by atoms with van der Waals surface area (Å²) < 4.78 is -0.831. The Balaban J connectivity index is 2.40. The minimum atomic E-state index is -0.831. The fourth-order valence-corrected chi connectivity index (χ4v) is 3.79. The van der Waals surface area contributed by atoms with Gasteiger partial charge in [-0.15, -0.1) is 0 Å². The van der Waals surface area contributed by atoms with Crippen molar-refractivity contribution in [1.29, 1.82) is 0 Å². The zero-order valence-electron chi connectivity index (χ0n) is 11.0. The Morgan fingerprint density at radius 1 is 1.28 bits per heavy atom. The van der Waals surface area contributed by atoms with E-state index in [4.69, 9.17) is 28.9 Å². The van der Waals surface area contributed by atoms with Crippen molar-refractivity contribution in [3.8, 4) is 0 Å². The van der Waals surface area contributed by atoms with Crippen LogP contribution < -0.4 is 5.73 Å². The minimum Gasteiger partial charge on any atom is -0.322 e. The summed E-state index contributed by atoms with van der Waals surface area (Å²) in [4.78, 5) is 0. The molecule has 0 heterocycles. The van der Waals surface area contributed by atoms with Crippen LogP contribution in [0.4, 0.5) is 0 Å². The van der Waals surface area contributed by atoms with Crippen LogP contribution in [0.25, 0.3) is 0 Å². The maximum Gasteiger partial charge on any atom is 0.135 e. The number of alkyl halides is 2. The van der Waals surface area contributed by atoms with Crippen molar-refractivity contribution >= 4 is 23.2 Å². The highest BCUT2D eigenvalue weighted by molar-refractivity contribution is 6.52. The van der Waals surface area contributed by atoms with Gasteiger partial charge in [0.1, 0.15) is 4.33 Å². The lowest BCUT2D eigenvalue weighted by Crippen LogP contribution is -2.38. The Labute approximate surface area is 119 Å². The highest BCUT2D eigenvalue weighted by Gasteiger charge is 2.75. The molecule has 18 heavy (non-hydrogen) atoms. The lowest BCUT2D eigenvalue weighted by atomic mass is 9.82. The van der Waals surface area contributed by atoms with E-state index in [2.05, 4.69) is 6.58 Å². The molecule has 1 aromatic rings. The second-order valence-electron chi connectivity index (χ2n) is 5.87. The fraction of sp³-hybridized carbons (Fsp3) is 0.467. The normalized spacial score (nSPS) is 30.0. The third-order valence-electron chi connectivity index (χ3n) is 4.09. The molecule has 0 amide bonds. The molecule has 1 aromatic carbocycles. The van der Waals surface area contributed by atoms with Gasteiger partial charge in [-0.1, -0.05) is 67.0 Å². The molecule has 0 bridgehead atoms. The monoisotopic (exact) mass is 283 g/mol. The van der Waals surface area contributed by atoms with Gasteiger partial charge in [0.2, 0.25) is 0 Å². The second-order valence-corrected chi connectivity index (χ2v) is 7.26. The van der Waals surface area contributed by atoms with E-state index in [9.17, 15) is 0 Å². The van der Waals surface area contributed by atoms with Crippen molar-refractivity contribution < 1.29 is 0 Å². The van der Waals surface area contributed by atoms with Gasteiger partial charge in [0.25, 0.3) is 0 Å². The minimum absolute atomic E-state index is 0.0462. The molecular formula is C15H19Cl2N. The maximum atomic E-state index is 6.50. The Kier molecular flexibility index (Phi) is 3.09. The van der Waals surface area contributed by atoms with Crippen molar-refractivity contribution in [3.63, 3.8) is 0 Å². The summed E-state index contributed by atoms with van der Waals surface area (Å²) in [5.74, 6) is 0.0462. The van der Waals surface area contributed by atoms with E-state index in [-0.39, 0.29) is 11.3 Å².